The summed E-state index contributed by atoms with van der Waals surface area (Å²) in [5, 5.41) is 10.8. The number of hydrogen-bond donors (Lipinski definition) is 1. The monoisotopic (exact) mass is 207 g/mol. The Kier molecular flexibility index (Phi) is 2.18. The van der Waals surface area contributed by atoms with E-state index < -0.39 is 0 Å². The second-order valence-corrected chi connectivity index (χ2v) is 5.64. The third-order valence-electron chi connectivity index (χ3n) is 4.68. The van der Waals surface area contributed by atoms with Gasteiger partial charge in [0.1, 0.15) is 0 Å². The van der Waals surface area contributed by atoms with Crippen LogP contribution in [-0.4, -0.2) is 34.7 Å². The van der Waals surface area contributed by atoms with Gasteiger partial charge in [0, 0.05) is 19.0 Å². The van der Waals surface area contributed by atoms with Crippen molar-refractivity contribution < 1.29 is 5.11 Å². The molecule has 84 valence electrons. The van der Waals surface area contributed by atoms with Crippen LogP contribution in [0, 0.1) is 5.92 Å². The molecule has 2 nitrogen and oxygen atoms in total. The van der Waals surface area contributed by atoms with Crippen molar-refractivity contribution in [2.45, 2.75) is 50.7 Å². The lowest BCUT2D eigenvalue weighted by Gasteiger charge is -2.39. The standard InChI is InChI=1S/C13H21NO/c1-10-5-7-14-9-11-4-2-3-6-13(11,15)12(14)8-10/h8,11-12,15H,2-7,9H2,1H3/t11-,12-,13+/m0/s1. The number of hydrogen-bond acceptors (Lipinski definition) is 2. The number of rotatable bonds is 0. The Morgan fingerprint density at radius 2 is 2.33 bits per heavy atom. The summed E-state index contributed by atoms with van der Waals surface area (Å²) in [5.74, 6) is 0.540. The minimum Gasteiger partial charge on any atom is -0.388 e. The lowest BCUT2D eigenvalue weighted by molar-refractivity contribution is -0.0380. The number of fused-ring (bicyclic) bond motifs is 3. The summed E-state index contributed by atoms with van der Waals surface area (Å²) >= 11 is 0. The predicted octanol–water partition coefficient (Wildman–Crippen LogP) is 1.94. The third-order valence-corrected chi connectivity index (χ3v) is 4.68. The molecule has 1 aliphatic carbocycles. The fraction of sp³-hybridized carbons (Fsp3) is 0.846. The molecule has 2 aliphatic heterocycles. The molecule has 0 aromatic rings. The highest BCUT2D eigenvalue weighted by Crippen LogP contribution is 2.45. The number of nitrogens with zero attached hydrogens (tertiary/aromatic N) is 1. The average Bonchev–Trinajstić information content (AvgIpc) is 2.51. The molecule has 1 saturated carbocycles. The third kappa shape index (κ3) is 1.38. The van der Waals surface area contributed by atoms with E-state index >= 15 is 0 Å². The van der Waals surface area contributed by atoms with Gasteiger partial charge in [0.25, 0.3) is 0 Å². The summed E-state index contributed by atoms with van der Waals surface area (Å²) in [6.07, 6.45) is 8.30. The Morgan fingerprint density at radius 1 is 1.47 bits per heavy atom. The van der Waals surface area contributed by atoms with Crippen molar-refractivity contribution in [1.29, 1.82) is 0 Å². The van der Waals surface area contributed by atoms with Crippen molar-refractivity contribution in [3.63, 3.8) is 0 Å². The fourth-order valence-electron chi connectivity index (χ4n) is 3.76. The lowest BCUT2D eigenvalue weighted by atomic mass is 9.74. The van der Waals surface area contributed by atoms with Crippen LogP contribution >= 0.6 is 0 Å². The molecule has 1 N–H and O–H groups in total. The van der Waals surface area contributed by atoms with Gasteiger partial charge in [0.05, 0.1) is 11.6 Å². The first-order valence-electron chi connectivity index (χ1n) is 6.34. The van der Waals surface area contributed by atoms with Gasteiger partial charge in [0.15, 0.2) is 0 Å². The zero-order chi connectivity index (χ0) is 10.5. The molecule has 3 aliphatic rings. The zero-order valence-corrected chi connectivity index (χ0v) is 9.58. The van der Waals surface area contributed by atoms with Gasteiger partial charge < -0.3 is 5.11 Å². The Morgan fingerprint density at radius 3 is 3.20 bits per heavy atom. The SMILES string of the molecule is CC1=C[C@@H]2N(CC1)C[C@@H]1CCCC[C@@]12O. The smallest absolute Gasteiger partial charge is 0.0878 e. The first kappa shape index (κ1) is 9.86. The van der Waals surface area contributed by atoms with Gasteiger partial charge in [0.2, 0.25) is 0 Å². The van der Waals surface area contributed by atoms with E-state index in [4.69, 9.17) is 0 Å². The van der Waals surface area contributed by atoms with E-state index in [1.165, 1.54) is 31.3 Å². The van der Waals surface area contributed by atoms with Crippen LogP contribution in [0.5, 0.6) is 0 Å². The topological polar surface area (TPSA) is 23.5 Å². The van der Waals surface area contributed by atoms with Crippen LogP contribution in [0.3, 0.4) is 0 Å². The highest BCUT2D eigenvalue weighted by Gasteiger charge is 2.53. The van der Waals surface area contributed by atoms with E-state index in [-0.39, 0.29) is 5.60 Å². The first-order valence-corrected chi connectivity index (χ1v) is 6.34. The lowest BCUT2D eigenvalue weighted by Crippen LogP contribution is -2.48. The number of aliphatic hydroxyl groups is 1. The zero-order valence-electron chi connectivity index (χ0n) is 9.58. The molecule has 2 heterocycles. The molecule has 2 fully saturated rings. The average molecular weight is 207 g/mol. The summed E-state index contributed by atoms with van der Waals surface area (Å²) in [6, 6.07) is 0.330. The van der Waals surface area contributed by atoms with Gasteiger partial charge in [-0.05, 0) is 26.2 Å². The van der Waals surface area contributed by atoms with Gasteiger partial charge in [-0.1, -0.05) is 24.5 Å². The van der Waals surface area contributed by atoms with E-state index in [1.807, 2.05) is 0 Å². The summed E-state index contributed by atoms with van der Waals surface area (Å²) in [7, 11) is 0. The van der Waals surface area contributed by atoms with Crippen molar-refractivity contribution in [2.75, 3.05) is 13.1 Å². The molecule has 0 amide bonds. The molecule has 0 aromatic carbocycles. The van der Waals surface area contributed by atoms with Crippen LogP contribution < -0.4 is 0 Å². The molecule has 0 bridgehead atoms. The molecule has 3 rings (SSSR count). The molecule has 0 unspecified atom stereocenters. The fourth-order valence-corrected chi connectivity index (χ4v) is 3.76. The minimum absolute atomic E-state index is 0.330. The van der Waals surface area contributed by atoms with Crippen LogP contribution in [0.15, 0.2) is 11.6 Å². The van der Waals surface area contributed by atoms with Crippen LogP contribution in [0.2, 0.25) is 0 Å². The maximum absolute atomic E-state index is 10.8. The Hall–Kier alpha value is -0.340. The van der Waals surface area contributed by atoms with E-state index in [2.05, 4.69) is 17.9 Å². The van der Waals surface area contributed by atoms with Crippen molar-refractivity contribution in [2.24, 2.45) is 5.92 Å². The highest BCUT2D eigenvalue weighted by molar-refractivity contribution is 5.20. The molecular formula is C13H21NO. The minimum atomic E-state index is -0.389. The molecule has 1 saturated heterocycles. The van der Waals surface area contributed by atoms with Gasteiger partial charge >= 0.3 is 0 Å². The summed E-state index contributed by atoms with van der Waals surface area (Å²) in [5.41, 5.74) is 1.08. The van der Waals surface area contributed by atoms with Gasteiger partial charge in [-0.3, -0.25) is 4.90 Å². The Labute approximate surface area is 92.0 Å². The molecule has 3 atom stereocenters. The van der Waals surface area contributed by atoms with Crippen LogP contribution in [0.1, 0.15) is 39.0 Å². The van der Waals surface area contributed by atoms with Gasteiger partial charge in [-0.25, -0.2) is 0 Å². The molecule has 0 aromatic heterocycles. The molecule has 2 heteroatoms. The van der Waals surface area contributed by atoms with Crippen molar-refractivity contribution in [3.05, 3.63) is 11.6 Å². The molecule has 15 heavy (non-hydrogen) atoms. The second kappa shape index (κ2) is 3.33. The van der Waals surface area contributed by atoms with Crippen molar-refractivity contribution in [1.82, 2.24) is 4.90 Å². The van der Waals surface area contributed by atoms with Crippen LogP contribution in [0.25, 0.3) is 0 Å². The largest absolute Gasteiger partial charge is 0.388 e. The molecule has 0 radical (unpaired) electrons. The highest BCUT2D eigenvalue weighted by atomic mass is 16.3. The van der Waals surface area contributed by atoms with Crippen LogP contribution in [-0.2, 0) is 0 Å². The predicted molar refractivity (Wildman–Crippen MR) is 60.6 cm³/mol. The van der Waals surface area contributed by atoms with Crippen LogP contribution in [0.4, 0.5) is 0 Å². The van der Waals surface area contributed by atoms with Gasteiger partial charge in [-0.2, -0.15) is 0 Å². The Balaban J connectivity index is 1.93. The molecule has 0 spiro atoms. The summed E-state index contributed by atoms with van der Waals surface area (Å²) in [6.45, 7) is 4.49. The second-order valence-electron chi connectivity index (χ2n) is 5.64. The summed E-state index contributed by atoms with van der Waals surface area (Å²) < 4.78 is 0. The van der Waals surface area contributed by atoms with E-state index in [1.54, 1.807) is 0 Å². The van der Waals surface area contributed by atoms with E-state index in [9.17, 15) is 5.11 Å². The van der Waals surface area contributed by atoms with Gasteiger partial charge in [-0.15, -0.1) is 0 Å². The maximum Gasteiger partial charge on any atom is 0.0878 e. The first-order chi connectivity index (χ1) is 7.20. The maximum atomic E-state index is 10.8. The van der Waals surface area contributed by atoms with Crippen molar-refractivity contribution >= 4 is 0 Å². The Bertz CT molecular complexity index is 299. The van der Waals surface area contributed by atoms with E-state index in [0.717, 1.165) is 19.5 Å². The summed E-state index contributed by atoms with van der Waals surface area (Å²) in [4.78, 5) is 2.50. The van der Waals surface area contributed by atoms with E-state index in [0.29, 0.717) is 12.0 Å². The quantitative estimate of drug-likeness (QED) is 0.614. The normalized spacial score (nSPS) is 45.9. The molecular weight excluding hydrogens is 186 g/mol. The van der Waals surface area contributed by atoms with Crippen molar-refractivity contribution in [3.8, 4) is 0 Å².